The van der Waals surface area contributed by atoms with E-state index in [9.17, 15) is 19.5 Å². The quantitative estimate of drug-likeness (QED) is 0.333. The molecule has 2 N–H and O–H groups in total. The molecular weight excluding hydrogens is 303 g/mol. The van der Waals surface area contributed by atoms with Gasteiger partial charge in [-0.15, -0.1) is 11.8 Å². The van der Waals surface area contributed by atoms with Crippen molar-refractivity contribution in [3.8, 4) is 0 Å². The van der Waals surface area contributed by atoms with Crippen molar-refractivity contribution in [2.24, 2.45) is 5.92 Å². The second-order valence-corrected chi connectivity index (χ2v) is 6.09. The van der Waals surface area contributed by atoms with E-state index in [1.165, 1.54) is 23.6 Å². The van der Waals surface area contributed by atoms with Crippen molar-refractivity contribution in [1.82, 2.24) is 10.2 Å². The first-order chi connectivity index (χ1) is 9.47. The number of carboxylic acids is 1. The van der Waals surface area contributed by atoms with Gasteiger partial charge < -0.3 is 16.7 Å². The van der Waals surface area contributed by atoms with E-state index >= 15 is 0 Å². The molecule has 0 spiro atoms. The van der Waals surface area contributed by atoms with Crippen molar-refractivity contribution in [1.29, 1.82) is 0 Å². The molecular formula is C13H19N2NaO4S. The summed E-state index contributed by atoms with van der Waals surface area (Å²) >= 11 is 1.41. The second kappa shape index (κ2) is 7.67. The summed E-state index contributed by atoms with van der Waals surface area (Å²) in [4.78, 5) is 36.2. The van der Waals surface area contributed by atoms with E-state index in [-0.39, 0.29) is 60.5 Å². The Balaban J connectivity index is 0.00000220. The number of thioether (sulfide) groups is 1. The molecule has 1 fully saturated rings. The first-order valence-electron chi connectivity index (χ1n) is 6.64. The van der Waals surface area contributed by atoms with Crippen LogP contribution in [-0.4, -0.2) is 46.1 Å². The molecule has 2 aliphatic heterocycles. The molecule has 0 saturated carbocycles. The normalized spacial score (nSPS) is 23.3. The molecule has 0 aromatic heterocycles. The number of amides is 2. The fraction of sp³-hybridized carbons (Fsp3) is 0.615. The molecule has 2 heterocycles. The SMILES string of the molecule is CCC1C(=O)N2C(C(=O)O)=C(SCCNC(C)=O)CC12.[H-].[Na+]. The van der Waals surface area contributed by atoms with Gasteiger partial charge in [-0.3, -0.25) is 9.59 Å². The maximum atomic E-state index is 11.9. The Morgan fingerprint density at radius 2 is 2.19 bits per heavy atom. The van der Waals surface area contributed by atoms with Gasteiger partial charge in [0.25, 0.3) is 0 Å². The molecule has 0 aromatic carbocycles. The van der Waals surface area contributed by atoms with Crippen molar-refractivity contribution in [3.63, 3.8) is 0 Å². The number of aliphatic carboxylic acids is 1. The smallest absolute Gasteiger partial charge is 1.00 e. The van der Waals surface area contributed by atoms with Crippen LogP contribution in [0, 0.1) is 5.92 Å². The second-order valence-electron chi connectivity index (χ2n) is 4.90. The van der Waals surface area contributed by atoms with E-state index in [0.29, 0.717) is 18.7 Å². The van der Waals surface area contributed by atoms with E-state index in [1.807, 2.05) is 6.92 Å². The van der Waals surface area contributed by atoms with Crippen LogP contribution < -0.4 is 34.9 Å². The van der Waals surface area contributed by atoms with Crippen molar-refractivity contribution >= 4 is 29.5 Å². The average molecular weight is 322 g/mol. The van der Waals surface area contributed by atoms with Gasteiger partial charge in [0.2, 0.25) is 11.8 Å². The summed E-state index contributed by atoms with van der Waals surface area (Å²) in [7, 11) is 0. The summed E-state index contributed by atoms with van der Waals surface area (Å²) in [5.41, 5.74) is 0.137. The number of nitrogens with zero attached hydrogens (tertiary/aromatic N) is 1. The van der Waals surface area contributed by atoms with Crippen LogP contribution in [0.3, 0.4) is 0 Å². The molecule has 2 aliphatic rings. The standard InChI is InChI=1S/C13H18N2O4S.Na.H/c1-3-8-9-6-10(20-5-4-14-7(2)16)11(13(18)19)15(9)12(8)17;;/h8-9H,3-6H2,1-2H3,(H,14,16)(H,18,19);;/q;+1;-1. The van der Waals surface area contributed by atoms with Gasteiger partial charge in [0.05, 0.1) is 12.0 Å². The van der Waals surface area contributed by atoms with Crippen LogP contribution in [0.1, 0.15) is 28.1 Å². The predicted octanol–water partition coefficient (Wildman–Crippen LogP) is -2.09. The van der Waals surface area contributed by atoms with Crippen LogP contribution in [0.25, 0.3) is 0 Å². The fourth-order valence-corrected chi connectivity index (χ4v) is 3.79. The number of carboxylic acid groups (broad SMARTS) is 1. The molecule has 8 heteroatoms. The van der Waals surface area contributed by atoms with Crippen molar-refractivity contribution in [2.45, 2.75) is 32.7 Å². The molecule has 0 aliphatic carbocycles. The van der Waals surface area contributed by atoms with Crippen molar-refractivity contribution < 1.29 is 50.5 Å². The largest absolute Gasteiger partial charge is 1.00 e. The Morgan fingerprint density at radius 3 is 2.71 bits per heavy atom. The first-order valence-corrected chi connectivity index (χ1v) is 7.62. The Labute approximate surface area is 151 Å². The van der Waals surface area contributed by atoms with Crippen LogP contribution in [0.4, 0.5) is 0 Å². The number of nitrogens with one attached hydrogen (secondary N) is 1. The maximum Gasteiger partial charge on any atom is 1.00 e. The third-order valence-electron chi connectivity index (χ3n) is 3.64. The van der Waals surface area contributed by atoms with Gasteiger partial charge in [-0.05, 0) is 6.42 Å². The minimum Gasteiger partial charge on any atom is -1.00 e. The first kappa shape index (κ1) is 18.5. The van der Waals surface area contributed by atoms with E-state index in [0.717, 1.165) is 11.3 Å². The maximum absolute atomic E-state index is 11.9. The Morgan fingerprint density at radius 1 is 1.52 bits per heavy atom. The monoisotopic (exact) mass is 322 g/mol. The van der Waals surface area contributed by atoms with Crippen LogP contribution in [-0.2, 0) is 14.4 Å². The van der Waals surface area contributed by atoms with Crippen LogP contribution in [0.15, 0.2) is 10.6 Å². The number of carbonyl (C=O) groups is 3. The van der Waals surface area contributed by atoms with Gasteiger partial charge in [-0.1, -0.05) is 6.92 Å². The van der Waals surface area contributed by atoms with Crippen LogP contribution >= 0.6 is 11.8 Å². The number of β-lactam (4-membered cyclic amide) rings is 1. The number of hydrogen-bond donors (Lipinski definition) is 2. The summed E-state index contributed by atoms with van der Waals surface area (Å²) in [6.45, 7) is 3.88. The molecule has 6 nitrogen and oxygen atoms in total. The van der Waals surface area contributed by atoms with Crippen molar-refractivity contribution in [3.05, 3.63) is 10.6 Å². The Bertz CT molecular complexity index is 500. The molecule has 2 rings (SSSR count). The Hall–Kier alpha value is -0.500. The average Bonchev–Trinajstić information content (AvgIpc) is 2.70. The van der Waals surface area contributed by atoms with Crippen LogP contribution in [0.5, 0.6) is 0 Å². The molecule has 0 aromatic rings. The number of hydrogen-bond acceptors (Lipinski definition) is 4. The zero-order valence-corrected chi connectivity index (χ0v) is 15.3. The third kappa shape index (κ3) is 3.64. The summed E-state index contributed by atoms with van der Waals surface area (Å²) in [5, 5.41) is 12.0. The van der Waals surface area contributed by atoms with E-state index < -0.39 is 5.97 Å². The van der Waals surface area contributed by atoms with E-state index in [2.05, 4.69) is 5.32 Å². The topological polar surface area (TPSA) is 86.7 Å². The van der Waals surface area contributed by atoms with Gasteiger partial charge in [0.15, 0.2) is 0 Å². The molecule has 2 atom stereocenters. The summed E-state index contributed by atoms with van der Waals surface area (Å²) < 4.78 is 0. The van der Waals surface area contributed by atoms with Gasteiger partial charge in [-0.25, -0.2) is 4.79 Å². The molecule has 21 heavy (non-hydrogen) atoms. The number of rotatable bonds is 6. The number of carbonyl (C=O) groups excluding carboxylic acids is 2. The van der Waals surface area contributed by atoms with Gasteiger partial charge >= 0.3 is 35.5 Å². The zero-order valence-electron chi connectivity index (χ0n) is 13.5. The molecule has 0 bridgehead atoms. The van der Waals surface area contributed by atoms with Gasteiger partial charge in [-0.2, -0.15) is 0 Å². The molecule has 112 valence electrons. The predicted molar refractivity (Wildman–Crippen MR) is 75.9 cm³/mol. The third-order valence-corrected chi connectivity index (χ3v) is 4.76. The van der Waals surface area contributed by atoms with E-state index in [1.54, 1.807) is 0 Å². The Kier molecular flexibility index (Phi) is 6.77. The van der Waals surface area contributed by atoms with Gasteiger partial charge in [0.1, 0.15) is 5.70 Å². The minimum absolute atomic E-state index is 0. The molecule has 2 amide bonds. The molecule has 1 saturated heterocycles. The summed E-state index contributed by atoms with van der Waals surface area (Å²) in [6, 6.07) is 0.0156. The summed E-state index contributed by atoms with van der Waals surface area (Å²) in [5.74, 6) is -0.658. The molecule has 0 radical (unpaired) electrons. The zero-order chi connectivity index (χ0) is 14.9. The van der Waals surface area contributed by atoms with Gasteiger partial charge in [0, 0.05) is 30.5 Å². The summed E-state index contributed by atoms with van der Waals surface area (Å²) in [6.07, 6.45) is 1.37. The minimum atomic E-state index is -1.04. The van der Waals surface area contributed by atoms with Crippen LogP contribution in [0.2, 0.25) is 0 Å². The fourth-order valence-electron chi connectivity index (χ4n) is 2.73. The van der Waals surface area contributed by atoms with E-state index in [4.69, 9.17) is 0 Å². The molecule has 2 unspecified atom stereocenters. The number of fused-ring (bicyclic) bond motifs is 1. The van der Waals surface area contributed by atoms with Crippen molar-refractivity contribution in [2.75, 3.05) is 12.3 Å².